The third kappa shape index (κ3) is 2.40. The molecule has 92 valence electrons. The first-order chi connectivity index (χ1) is 8.26. The van der Waals surface area contributed by atoms with Gasteiger partial charge in [0.2, 0.25) is 5.91 Å². The Balaban J connectivity index is 2.07. The first-order valence-electron chi connectivity index (χ1n) is 5.50. The highest BCUT2D eigenvalue weighted by atomic mass is 16.5. The highest BCUT2D eigenvalue weighted by molar-refractivity contribution is 5.85. The molecular weight excluding hydrogens is 222 g/mol. The largest absolute Gasteiger partial charge is 0.492 e. The molecule has 0 spiro atoms. The van der Waals surface area contributed by atoms with Crippen LogP contribution in [0.15, 0.2) is 24.3 Å². The molecule has 0 aromatic heterocycles. The molecular formula is C12H15NO4. The van der Waals surface area contributed by atoms with Gasteiger partial charge in [-0.05, 0) is 6.07 Å². The molecule has 1 aliphatic heterocycles. The van der Waals surface area contributed by atoms with Gasteiger partial charge >= 0.3 is 0 Å². The van der Waals surface area contributed by atoms with Crippen molar-refractivity contribution in [3.05, 3.63) is 29.8 Å². The van der Waals surface area contributed by atoms with Gasteiger partial charge in [-0.3, -0.25) is 4.79 Å². The van der Waals surface area contributed by atoms with Crippen LogP contribution in [0.25, 0.3) is 0 Å². The van der Waals surface area contributed by atoms with E-state index in [0.29, 0.717) is 6.61 Å². The molecule has 0 radical (unpaired) electrons. The van der Waals surface area contributed by atoms with Gasteiger partial charge in [0.25, 0.3) is 0 Å². The van der Waals surface area contributed by atoms with Crippen LogP contribution in [0.3, 0.4) is 0 Å². The smallest absolute Gasteiger partial charge is 0.231 e. The SMILES string of the molecule is O=C(NC(CO)CO)C1COc2ccccc21. The van der Waals surface area contributed by atoms with Gasteiger partial charge in [0.15, 0.2) is 0 Å². The van der Waals surface area contributed by atoms with Gasteiger partial charge in [-0.15, -0.1) is 0 Å². The highest BCUT2D eigenvalue weighted by Crippen LogP contribution is 2.33. The molecule has 1 aromatic carbocycles. The minimum Gasteiger partial charge on any atom is -0.492 e. The Kier molecular flexibility index (Phi) is 3.61. The summed E-state index contributed by atoms with van der Waals surface area (Å²) in [6, 6.07) is 6.75. The topological polar surface area (TPSA) is 78.8 Å². The van der Waals surface area contributed by atoms with E-state index in [-0.39, 0.29) is 25.0 Å². The van der Waals surface area contributed by atoms with Crippen LogP contribution in [0, 0.1) is 0 Å². The zero-order chi connectivity index (χ0) is 12.3. The lowest BCUT2D eigenvalue weighted by Crippen LogP contribution is -2.42. The molecule has 5 heteroatoms. The summed E-state index contributed by atoms with van der Waals surface area (Å²) in [5.41, 5.74) is 0.847. The van der Waals surface area contributed by atoms with E-state index < -0.39 is 6.04 Å². The Morgan fingerprint density at radius 1 is 1.41 bits per heavy atom. The van der Waals surface area contributed by atoms with Gasteiger partial charge in [-0.25, -0.2) is 0 Å². The Labute approximate surface area is 99.0 Å². The van der Waals surface area contributed by atoms with Crippen molar-refractivity contribution in [1.82, 2.24) is 5.32 Å². The number of aliphatic hydroxyl groups is 2. The van der Waals surface area contributed by atoms with Crippen molar-refractivity contribution in [2.24, 2.45) is 0 Å². The fourth-order valence-electron chi connectivity index (χ4n) is 1.83. The van der Waals surface area contributed by atoms with Gasteiger partial charge < -0.3 is 20.3 Å². The van der Waals surface area contributed by atoms with E-state index in [1.165, 1.54) is 0 Å². The first kappa shape index (κ1) is 11.9. The van der Waals surface area contributed by atoms with Crippen molar-refractivity contribution in [3.63, 3.8) is 0 Å². The van der Waals surface area contributed by atoms with E-state index in [0.717, 1.165) is 11.3 Å². The number of hydrogen-bond acceptors (Lipinski definition) is 4. The zero-order valence-corrected chi connectivity index (χ0v) is 9.30. The van der Waals surface area contributed by atoms with Crippen molar-refractivity contribution in [3.8, 4) is 5.75 Å². The van der Waals surface area contributed by atoms with E-state index in [1.807, 2.05) is 24.3 Å². The molecule has 0 bridgehead atoms. The Morgan fingerprint density at radius 2 is 2.12 bits per heavy atom. The fourth-order valence-corrected chi connectivity index (χ4v) is 1.83. The molecule has 1 aliphatic rings. The predicted molar refractivity (Wildman–Crippen MR) is 60.8 cm³/mol. The van der Waals surface area contributed by atoms with E-state index >= 15 is 0 Å². The zero-order valence-electron chi connectivity index (χ0n) is 9.30. The van der Waals surface area contributed by atoms with E-state index in [4.69, 9.17) is 14.9 Å². The Morgan fingerprint density at radius 3 is 2.82 bits per heavy atom. The van der Waals surface area contributed by atoms with Crippen LogP contribution >= 0.6 is 0 Å². The number of rotatable bonds is 4. The van der Waals surface area contributed by atoms with Crippen molar-refractivity contribution in [2.75, 3.05) is 19.8 Å². The number of amides is 1. The second kappa shape index (κ2) is 5.16. The number of aliphatic hydroxyl groups excluding tert-OH is 2. The lowest BCUT2D eigenvalue weighted by molar-refractivity contribution is -0.124. The molecule has 17 heavy (non-hydrogen) atoms. The summed E-state index contributed by atoms with van der Waals surface area (Å²) in [7, 11) is 0. The summed E-state index contributed by atoms with van der Waals surface area (Å²) >= 11 is 0. The quantitative estimate of drug-likeness (QED) is 0.667. The van der Waals surface area contributed by atoms with Gasteiger partial charge in [-0.2, -0.15) is 0 Å². The number of fused-ring (bicyclic) bond motifs is 1. The fraction of sp³-hybridized carbons (Fsp3) is 0.417. The third-order valence-corrected chi connectivity index (χ3v) is 2.80. The Hall–Kier alpha value is -1.59. The van der Waals surface area contributed by atoms with Gasteiger partial charge in [0.05, 0.1) is 19.3 Å². The molecule has 5 nitrogen and oxygen atoms in total. The molecule has 1 aromatic rings. The lowest BCUT2D eigenvalue weighted by Gasteiger charge is -2.16. The number of hydrogen-bond donors (Lipinski definition) is 3. The molecule has 1 atom stereocenters. The number of para-hydroxylation sites is 1. The van der Waals surface area contributed by atoms with Gasteiger partial charge in [-0.1, -0.05) is 18.2 Å². The summed E-state index contributed by atoms with van der Waals surface area (Å²) in [6.07, 6.45) is 0. The summed E-state index contributed by atoms with van der Waals surface area (Å²) in [4.78, 5) is 11.9. The molecule has 1 unspecified atom stereocenters. The van der Waals surface area contributed by atoms with E-state index in [1.54, 1.807) is 0 Å². The van der Waals surface area contributed by atoms with E-state index in [9.17, 15) is 4.79 Å². The first-order valence-corrected chi connectivity index (χ1v) is 5.50. The van der Waals surface area contributed by atoms with Crippen LogP contribution in [0.2, 0.25) is 0 Å². The molecule has 0 aliphatic carbocycles. The van der Waals surface area contributed by atoms with Crippen molar-refractivity contribution < 1.29 is 19.7 Å². The van der Waals surface area contributed by atoms with Crippen molar-refractivity contribution >= 4 is 5.91 Å². The Bertz CT molecular complexity index is 403. The number of ether oxygens (including phenoxy) is 1. The molecule has 0 saturated carbocycles. The normalized spacial score (nSPS) is 17.7. The summed E-state index contributed by atoms with van der Waals surface area (Å²) in [5.74, 6) is 0.118. The minimum atomic E-state index is -0.615. The average molecular weight is 237 g/mol. The highest BCUT2D eigenvalue weighted by Gasteiger charge is 2.30. The second-order valence-electron chi connectivity index (χ2n) is 3.97. The number of carbonyl (C=O) groups is 1. The molecule has 0 saturated heterocycles. The predicted octanol–water partition coefficient (Wildman–Crippen LogP) is -0.368. The second-order valence-corrected chi connectivity index (χ2v) is 3.97. The van der Waals surface area contributed by atoms with Crippen LogP contribution in [-0.2, 0) is 4.79 Å². The van der Waals surface area contributed by atoms with Crippen molar-refractivity contribution in [1.29, 1.82) is 0 Å². The summed E-state index contributed by atoms with van der Waals surface area (Å²) in [6.45, 7) is -0.260. The van der Waals surface area contributed by atoms with Gasteiger partial charge in [0, 0.05) is 5.56 Å². The summed E-state index contributed by atoms with van der Waals surface area (Å²) in [5, 5.41) is 20.4. The molecule has 3 N–H and O–H groups in total. The molecule has 1 heterocycles. The monoisotopic (exact) mass is 237 g/mol. The van der Waals surface area contributed by atoms with Crippen LogP contribution < -0.4 is 10.1 Å². The maximum atomic E-state index is 11.9. The summed E-state index contributed by atoms with van der Waals surface area (Å²) < 4.78 is 5.40. The van der Waals surface area contributed by atoms with E-state index in [2.05, 4.69) is 5.32 Å². The molecule has 2 rings (SSSR count). The van der Waals surface area contributed by atoms with Crippen LogP contribution in [0.4, 0.5) is 0 Å². The molecule has 1 amide bonds. The number of carbonyl (C=O) groups excluding carboxylic acids is 1. The maximum absolute atomic E-state index is 11.9. The average Bonchev–Trinajstić information content (AvgIpc) is 2.79. The van der Waals surface area contributed by atoms with Crippen LogP contribution in [0.5, 0.6) is 5.75 Å². The minimum absolute atomic E-state index is 0.233. The maximum Gasteiger partial charge on any atom is 0.231 e. The number of benzene rings is 1. The molecule has 0 fully saturated rings. The third-order valence-electron chi connectivity index (χ3n) is 2.80. The number of nitrogens with one attached hydrogen (secondary N) is 1. The van der Waals surface area contributed by atoms with Crippen LogP contribution in [0.1, 0.15) is 11.5 Å². The van der Waals surface area contributed by atoms with Crippen molar-refractivity contribution in [2.45, 2.75) is 12.0 Å². The lowest BCUT2D eigenvalue weighted by atomic mass is 10.0. The van der Waals surface area contributed by atoms with Crippen LogP contribution in [-0.4, -0.2) is 42.0 Å². The van der Waals surface area contributed by atoms with Gasteiger partial charge in [0.1, 0.15) is 18.3 Å². The standard InChI is InChI=1S/C12H15NO4/c14-5-8(6-15)13-12(16)10-7-17-11-4-2-1-3-9(10)11/h1-4,8,10,14-15H,5-7H2,(H,13,16).